The van der Waals surface area contributed by atoms with Crippen LogP contribution in [0.4, 0.5) is 0 Å². The molecule has 18 heavy (non-hydrogen) atoms. The highest BCUT2D eigenvalue weighted by atomic mass is 16.6. The van der Waals surface area contributed by atoms with Gasteiger partial charge in [0, 0.05) is 18.8 Å². The number of nitrogens with zero attached hydrogens (tertiary/aromatic N) is 1. The van der Waals surface area contributed by atoms with Gasteiger partial charge >= 0.3 is 5.97 Å². The number of pyridine rings is 1. The summed E-state index contributed by atoms with van der Waals surface area (Å²) in [5, 5.41) is 10.5. The van der Waals surface area contributed by atoms with E-state index in [1.54, 1.807) is 20.2 Å². The molecule has 2 heterocycles. The molecule has 1 aromatic rings. The summed E-state index contributed by atoms with van der Waals surface area (Å²) in [5.74, 6) is -0.666. The molecule has 2 rings (SSSR count). The van der Waals surface area contributed by atoms with E-state index < -0.39 is 11.6 Å². The number of hydrogen-bond donors (Lipinski definition) is 1. The van der Waals surface area contributed by atoms with Crippen molar-refractivity contribution in [1.29, 1.82) is 0 Å². The number of hydrogen-bond acceptors (Lipinski definition) is 4. The SMILES string of the molecule is CCc1cn(C)c(=O)c2c1C(O)(CC)C(=O)OC2. The second kappa shape index (κ2) is 4.24. The first kappa shape index (κ1) is 12.8. The minimum absolute atomic E-state index is 0.0585. The van der Waals surface area contributed by atoms with Gasteiger partial charge in [-0.3, -0.25) is 4.79 Å². The Morgan fingerprint density at radius 2 is 2.11 bits per heavy atom. The first-order chi connectivity index (χ1) is 8.45. The summed E-state index contributed by atoms with van der Waals surface area (Å²) in [5.41, 5.74) is -0.255. The van der Waals surface area contributed by atoms with E-state index in [1.165, 1.54) is 4.57 Å². The molecule has 0 spiro atoms. The van der Waals surface area contributed by atoms with Crippen LogP contribution in [0.1, 0.15) is 37.0 Å². The summed E-state index contributed by atoms with van der Waals surface area (Å²) in [6.45, 7) is 3.57. The summed E-state index contributed by atoms with van der Waals surface area (Å²) in [6.07, 6.45) is 2.52. The maximum Gasteiger partial charge on any atom is 0.343 e. The second-order valence-corrected chi connectivity index (χ2v) is 4.57. The van der Waals surface area contributed by atoms with Crippen molar-refractivity contribution in [2.45, 2.75) is 38.9 Å². The standard InChI is InChI=1S/C13H17NO4/c1-4-8-6-14(3)11(15)9-7-18-12(16)13(17,5-2)10(8)9/h6,17H,4-5,7H2,1-3H3. The fraction of sp³-hybridized carbons (Fsp3) is 0.538. The predicted octanol–water partition coefficient (Wildman–Crippen LogP) is 0.602. The summed E-state index contributed by atoms with van der Waals surface area (Å²) in [7, 11) is 1.66. The van der Waals surface area contributed by atoms with Crippen LogP contribution in [0.15, 0.2) is 11.0 Å². The minimum Gasteiger partial charge on any atom is -0.458 e. The van der Waals surface area contributed by atoms with E-state index in [2.05, 4.69) is 0 Å². The molecular weight excluding hydrogens is 234 g/mol. The van der Waals surface area contributed by atoms with Gasteiger partial charge in [-0.2, -0.15) is 0 Å². The first-order valence-electron chi connectivity index (χ1n) is 6.07. The van der Waals surface area contributed by atoms with Gasteiger partial charge in [0.1, 0.15) is 6.61 Å². The van der Waals surface area contributed by atoms with Crippen molar-refractivity contribution in [2.24, 2.45) is 7.05 Å². The van der Waals surface area contributed by atoms with Gasteiger partial charge in [0.2, 0.25) is 0 Å². The van der Waals surface area contributed by atoms with E-state index >= 15 is 0 Å². The molecule has 0 radical (unpaired) electrons. The summed E-state index contributed by atoms with van der Waals surface area (Å²) in [6, 6.07) is 0. The lowest BCUT2D eigenvalue weighted by molar-refractivity contribution is -0.172. The third kappa shape index (κ3) is 1.58. The van der Waals surface area contributed by atoms with Crippen LogP contribution in [0.2, 0.25) is 0 Å². The van der Waals surface area contributed by atoms with E-state index in [1.807, 2.05) is 6.92 Å². The Hall–Kier alpha value is -1.62. The molecule has 1 unspecified atom stereocenters. The number of rotatable bonds is 2. The summed E-state index contributed by atoms with van der Waals surface area (Å²) in [4.78, 5) is 23.8. The van der Waals surface area contributed by atoms with Gasteiger partial charge in [0.05, 0.1) is 5.56 Å². The first-order valence-corrected chi connectivity index (χ1v) is 6.07. The maximum atomic E-state index is 12.1. The smallest absolute Gasteiger partial charge is 0.343 e. The van der Waals surface area contributed by atoms with Crippen molar-refractivity contribution >= 4 is 5.97 Å². The average Bonchev–Trinajstić information content (AvgIpc) is 2.37. The van der Waals surface area contributed by atoms with Crippen molar-refractivity contribution in [3.8, 4) is 0 Å². The van der Waals surface area contributed by atoms with Crippen LogP contribution in [-0.4, -0.2) is 15.6 Å². The highest BCUT2D eigenvalue weighted by molar-refractivity contribution is 5.83. The molecule has 0 saturated heterocycles. The van der Waals surface area contributed by atoms with Gasteiger partial charge in [0.25, 0.3) is 5.56 Å². The van der Waals surface area contributed by atoms with Gasteiger partial charge in [-0.1, -0.05) is 13.8 Å². The van der Waals surface area contributed by atoms with Crippen LogP contribution in [0.25, 0.3) is 0 Å². The number of cyclic esters (lactones) is 1. The molecule has 0 fully saturated rings. The third-order valence-electron chi connectivity index (χ3n) is 3.54. The lowest BCUT2D eigenvalue weighted by atomic mass is 9.83. The molecule has 1 atom stereocenters. The van der Waals surface area contributed by atoms with E-state index in [0.29, 0.717) is 17.5 Å². The molecule has 1 aliphatic rings. The lowest BCUT2D eigenvalue weighted by Gasteiger charge is -2.33. The molecule has 0 bridgehead atoms. The van der Waals surface area contributed by atoms with Gasteiger partial charge in [-0.25, -0.2) is 4.79 Å². The molecule has 5 nitrogen and oxygen atoms in total. The topological polar surface area (TPSA) is 68.5 Å². The predicted molar refractivity (Wildman–Crippen MR) is 65.0 cm³/mol. The maximum absolute atomic E-state index is 12.1. The number of fused-ring (bicyclic) bond motifs is 1. The second-order valence-electron chi connectivity index (χ2n) is 4.57. The van der Waals surface area contributed by atoms with E-state index in [-0.39, 0.29) is 18.6 Å². The van der Waals surface area contributed by atoms with Crippen molar-refractivity contribution in [3.05, 3.63) is 33.2 Å². The molecule has 98 valence electrons. The molecule has 0 amide bonds. The molecule has 1 aromatic heterocycles. The molecular formula is C13H17NO4. The van der Waals surface area contributed by atoms with Crippen LogP contribution >= 0.6 is 0 Å². The fourth-order valence-corrected chi connectivity index (χ4v) is 2.47. The quantitative estimate of drug-likeness (QED) is 0.782. The number of aryl methyl sites for hydroxylation is 2. The van der Waals surface area contributed by atoms with Crippen molar-refractivity contribution < 1.29 is 14.6 Å². The zero-order valence-electron chi connectivity index (χ0n) is 10.8. The summed E-state index contributed by atoms with van der Waals surface area (Å²) < 4.78 is 6.41. The number of carbonyl (C=O) groups is 1. The Morgan fingerprint density at radius 3 is 2.67 bits per heavy atom. The van der Waals surface area contributed by atoms with Gasteiger partial charge in [0.15, 0.2) is 5.60 Å². The number of carbonyl (C=O) groups excluding carboxylic acids is 1. The highest BCUT2D eigenvalue weighted by Gasteiger charge is 2.45. The van der Waals surface area contributed by atoms with Crippen LogP contribution in [0, 0.1) is 0 Å². The molecule has 0 aromatic carbocycles. The van der Waals surface area contributed by atoms with E-state index in [0.717, 1.165) is 5.56 Å². The molecule has 0 aliphatic carbocycles. The fourth-order valence-electron chi connectivity index (χ4n) is 2.47. The van der Waals surface area contributed by atoms with Crippen molar-refractivity contribution in [3.63, 3.8) is 0 Å². The Kier molecular flexibility index (Phi) is 3.02. The summed E-state index contributed by atoms with van der Waals surface area (Å²) >= 11 is 0. The van der Waals surface area contributed by atoms with Crippen molar-refractivity contribution in [1.82, 2.24) is 4.57 Å². The van der Waals surface area contributed by atoms with Gasteiger partial charge < -0.3 is 14.4 Å². The number of ether oxygens (including phenoxy) is 1. The molecule has 0 saturated carbocycles. The zero-order valence-corrected chi connectivity index (χ0v) is 10.8. The zero-order chi connectivity index (χ0) is 13.5. The van der Waals surface area contributed by atoms with Crippen LogP contribution < -0.4 is 5.56 Å². The minimum atomic E-state index is -1.69. The van der Waals surface area contributed by atoms with Gasteiger partial charge in [-0.05, 0) is 18.4 Å². The van der Waals surface area contributed by atoms with Crippen molar-refractivity contribution in [2.75, 3.05) is 0 Å². The molecule has 1 N–H and O–H groups in total. The monoisotopic (exact) mass is 251 g/mol. The Bertz CT molecular complexity index is 561. The van der Waals surface area contributed by atoms with Crippen LogP contribution in [-0.2, 0) is 35.2 Å². The number of aromatic nitrogens is 1. The normalized spacial score (nSPS) is 22.6. The van der Waals surface area contributed by atoms with E-state index in [4.69, 9.17) is 4.74 Å². The number of esters is 1. The molecule has 5 heteroatoms. The Labute approximate surface area is 105 Å². The average molecular weight is 251 g/mol. The molecule has 1 aliphatic heterocycles. The van der Waals surface area contributed by atoms with Crippen LogP contribution in [0.5, 0.6) is 0 Å². The van der Waals surface area contributed by atoms with Gasteiger partial charge in [-0.15, -0.1) is 0 Å². The largest absolute Gasteiger partial charge is 0.458 e. The van der Waals surface area contributed by atoms with Crippen LogP contribution in [0.3, 0.4) is 0 Å². The highest BCUT2D eigenvalue weighted by Crippen LogP contribution is 2.35. The third-order valence-corrected chi connectivity index (χ3v) is 3.54. The Balaban J connectivity index is 2.83. The Morgan fingerprint density at radius 1 is 1.44 bits per heavy atom. The number of aliphatic hydroxyl groups is 1. The van der Waals surface area contributed by atoms with E-state index in [9.17, 15) is 14.7 Å². The lowest BCUT2D eigenvalue weighted by Crippen LogP contribution is -2.45.